The van der Waals surface area contributed by atoms with Crippen LogP contribution in [-0.4, -0.2) is 32.5 Å². The first-order valence-electron chi connectivity index (χ1n) is 10.2. The summed E-state index contributed by atoms with van der Waals surface area (Å²) >= 11 is 7.42. The number of benzene rings is 1. The molecule has 30 heavy (non-hydrogen) atoms. The molecule has 0 aliphatic heterocycles. The fourth-order valence-electron chi connectivity index (χ4n) is 3.82. The predicted octanol–water partition coefficient (Wildman–Crippen LogP) is 5.03. The van der Waals surface area contributed by atoms with Crippen molar-refractivity contribution in [1.82, 2.24) is 20.1 Å². The molecule has 2 atom stereocenters. The largest absolute Gasteiger partial charge is 0.467 e. The molecule has 2 unspecified atom stereocenters. The van der Waals surface area contributed by atoms with Crippen molar-refractivity contribution in [3.05, 3.63) is 53.4 Å². The fraction of sp³-hybridized carbons (Fsp3) is 0.409. The lowest BCUT2D eigenvalue weighted by Crippen LogP contribution is -2.41. The van der Waals surface area contributed by atoms with Crippen LogP contribution in [0, 0.1) is 5.92 Å². The van der Waals surface area contributed by atoms with E-state index in [-0.39, 0.29) is 11.9 Å². The van der Waals surface area contributed by atoms with E-state index in [9.17, 15) is 4.79 Å². The van der Waals surface area contributed by atoms with Crippen LogP contribution in [0.4, 0.5) is 0 Å². The first-order chi connectivity index (χ1) is 14.6. The standard InChI is InChI=1S/C22H25ClN4O2S/c1-15-5-2-3-7-19(15)24-20(28)14-30-22-26-25-21(16-8-10-17(23)11-9-16)27(22)13-18-6-4-12-29-18/h4,6,8-12,15,19H,2-3,5,7,13-14H2,1H3,(H,24,28). The van der Waals surface area contributed by atoms with Crippen molar-refractivity contribution in [3.63, 3.8) is 0 Å². The van der Waals surface area contributed by atoms with Crippen LogP contribution in [-0.2, 0) is 11.3 Å². The van der Waals surface area contributed by atoms with Crippen molar-refractivity contribution in [2.45, 2.75) is 50.4 Å². The Morgan fingerprint density at radius 2 is 2.03 bits per heavy atom. The van der Waals surface area contributed by atoms with Crippen molar-refractivity contribution in [2.75, 3.05) is 5.75 Å². The summed E-state index contributed by atoms with van der Waals surface area (Å²) in [6, 6.07) is 11.5. The normalized spacial score (nSPS) is 19.0. The van der Waals surface area contributed by atoms with Crippen LogP contribution in [0.15, 0.2) is 52.2 Å². The number of halogens is 1. The Kier molecular flexibility index (Phi) is 6.79. The molecule has 1 fully saturated rings. The highest BCUT2D eigenvalue weighted by Gasteiger charge is 2.23. The van der Waals surface area contributed by atoms with E-state index in [0.29, 0.717) is 34.2 Å². The second-order valence-electron chi connectivity index (χ2n) is 7.70. The average Bonchev–Trinajstić information content (AvgIpc) is 3.39. The van der Waals surface area contributed by atoms with E-state index >= 15 is 0 Å². The van der Waals surface area contributed by atoms with Crippen LogP contribution in [0.2, 0.25) is 5.02 Å². The number of carbonyl (C=O) groups is 1. The van der Waals surface area contributed by atoms with Gasteiger partial charge in [0.15, 0.2) is 11.0 Å². The Hall–Kier alpha value is -2.25. The Morgan fingerprint density at radius 3 is 2.77 bits per heavy atom. The molecule has 1 amide bonds. The molecule has 2 heterocycles. The monoisotopic (exact) mass is 444 g/mol. The summed E-state index contributed by atoms with van der Waals surface area (Å²) in [6.45, 7) is 2.71. The molecule has 1 aliphatic carbocycles. The Bertz CT molecular complexity index is 972. The molecule has 3 aromatic rings. The molecule has 0 spiro atoms. The molecule has 1 saturated carbocycles. The maximum absolute atomic E-state index is 12.6. The molecule has 0 saturated heterocycles. The SMILES string of the molecule is CC1CCCCC1NC(=O)CSc1nnc(-c2ccc(Cl)cc2)n1Cc1ccco1. The summed E-state index contributed by atoms with van der Waals surface area (Å²) in [4.78, 5) is 12.6. The summed E-state index contributed by atoms with van der Waals surface area (Å²) in [7, 11) is 0. The van der Waals surface area contributed by atoms with Gasteiger partial charge in [-0.2, -0.15) is 0 Å². The van der Waals surface area contributed by atoms with Crippen LogP contribution in [0.5, 0.6) is 0 Å². The second kappa shape index (κ2) is 9.71. The molecule has 2 aromatic heterocycles. The van der Waals surface area contributed by atoms with E-state index in [2.05, 4.69) is 22.4 Å². The van der Waals surface area contributed by atoms with Crippen LogP contribution in [0.1, 0.15) is 38.4 Å². The third kappa shape index (κ3) is 5.08. The smallest absolute Gasteiger partial charge is 0.230 e. The molecule has 4 rings (SSSR count). The van der Waals surface area contributed by atoms with Crippen LogP contribution in [0.3, 0.4) is 0 Å². The highest BCUT2D eigenvalue weighted by atomic mass is 35.5. The van der Waals surface area contributed by atoms with Crippen LogP contribution >= 0.6 is 23.4 Å². The Balaban J connectivity index is 1.49. The van der Waals surface area contributed by atoms with Gasteiger partial charge in [-0.3, -0.25) is 9.36 Å². The van der Waals surface area contributed by atoms with Gasteiger partial charge in [-0.1, -0.05) is 43.1 Å². The maximum Gasteiger partial charge on any atom is 0.230 e. The van der Waals surface area contributed by atoms with Gasteiger partial charge in [-0.15, -0.1) is 10.2 Å². The van der Waals surface area contributed by atoms with Gasteiger partial charge in [0.05, 0.1) is 18.6 Å². The lowest BCUT2D eigenvalue weighted by molar-refractivity contribution is -0.119. The Morgan fingerprint density at radius 1 is 1.23 bits per heavy atom. The van der Waals surface area contributed by atoms with E-state index in [1.165, 1.54) is 31.0 Å². The molecule has 158 valence electrons. The van der Waals surface area contributed by atoms with E-state index in [1.807, 2.05) is 41.0 Å². The minimum atomic E-state index is 0.0411. The van der Waals surface area contributed by atoms with Gasteiger partial charge >= 0.3 is 0 Å². The van der Waals surface area contributed by atoms with Gasteiger partial charge in [-0.05, 0) is 55.2 Å². The minimum Gasteiger partial charge on any atom is -0.467 e. The van der Waals surface area contributed by atoms with Crippen molar-refractivity contribution in [3.8, 4) is 11.4 Å². The molecule has 0 bridgehead atoms. The molecular formula is C22H25ClN4O2S. The number of rotatable bonds is 7. The first kappa shape index (κ1) is 21.0. The minimum absolute atomic E-state index is 0.0411. The highest BCUT2D eigenvalue weighted by Crippen LogP contribution is 2.27. The van der Waals surface area contributed by atoms with E-state index in [1.54, 1.807) is 6.26 Å². The van der Waals surface area contributed by atoms with Crippen molar-refractivity contribution in [1.29, 1.82) is 0 Å². The molecular weight excluding hydrogens is 420 g/mol. The molecule has 0 radical (unpaired) electrons. The van der Waals surface area contributed by atoms with Crippen molar-refractivity contribution < 1.29 is 9.21 Å². The molecule has 6 nitrogen and oxygen atoms in total. The summed E-state index contributed by atoms with van der Waals surface area (Å²) in [5, 5.41) is 13.3. The van der Waals surface area contributed by atoms with Crippen LogP contribution < -0.4 is 5.32 Å². The predicted molar refractivity (Wildman–Crippen MR) is 119 cm³/mol. The molecule has 8 heteroatoms. The Labute approximate surface area is 185 Å². The number of furan rings is 1. The average molecular weight is 445 g/mol. The quantitative estimate of drug-likeness (QED) is 0.517. The topological polar surface area (TPSA) is 73.0 Å². The van der Waals surface area contributed by atoms with E-state index in [4.69, 9.17) is 16.0 Å². The zero-order chi connectivity index (χ0) is 20.9. The number of carbonyl (C=O) groups excluding carboxylic acids is 1. The third-order valence-corrected chi connectivity index (χ3v) is 6.72. The lowest BCUT2D eigenvalue weighted by Gasteiger charge is -2.29. The summed E-state index contributed by atoms with van der Waals surface area (Å²) in [5.41, 5.74) is 0.908. The molecule has 1 aliphatic rings. The maximum atomic E-state index is 12.6. The number of thioether (sulfide) groups is 1. The fourth-order valence-corrected chi connectivity index (χ4v) is 4.69. The number of nitrogens with zero attached hydrogens (tertiary/aromatic N) is 3. The second-order valence-corrected chi connectivity index (χ2v) is 9.08. The summed E-state index contributed by atoms with van der Waals surface area (Å²) < 4.78 is 7.50. The number of aromatic nitrogens is 3. The van der Waals surface area contributed by atoms with Gasteiger partial charge in [-0.25, -0.2) is 0 Å². The van der Waals surface area contributed by atoms with Crippen molar-refractivity contribution in [2.24, 2.45) is 5.92 Å². The number of hydrogen-bond donors (Lipinski definition) is 1. The summed E-state index contributed by atoms with van der Waals surface area (Å²) in [6.07, 6.45) is 6.33. The number of amides is 1. The number of nitrogens with one attached hydrogen (secondary N) is 1. The van der Waals surface area contributed by atoms with E-state index < -0.39 is 0 Å². The zero-order valence-electron chi connectivity index (χ0n) is 16.9. The highest BCUT2D eigenvalue weighted by molar-refractivity contribution is 7.99. The van der Waals surface area contributed by atoms with Gasteiger partial charge in [0.2, 0.25) is 5.91 Å². The van der Waals surface area contributed by atoms with Crippen molar-refractivity contribution >= 4 is 29.3 Å². The molecule has 1 N–H and O–H groups in total. The van der Waals surface area contributed by atoms with Gasteiger partial charge in [0, 0.05) is 16.6 Å². The van der Waals surface area contributed by atoms with E-state index in [0.717, 1.165) is 17.7 Å². The summed E-state index contributed by atoms with van der Waals surface area (Å²) in [5.74, 6) is 2.39. The van der Waals surface area contributed by atoms with Crippen LogP contribution in [0.25, 0.3) is 11.4 Å². The van der Waals surface area contributed by atoms with Gasteiger partial charge in [0.1, 0.15) is 5.76 Å². The molecule has 1 aromatic carbocycles. The van der Waals surface area contributed by atoms with Gasteiger partial charge < -0.3 is 9.73 Å². The lowest BCUT2D eigenvalue weighted by atomic mass is 9.86. The zero-order valence-corrected chi connectivity index (χ0v) is 18.5. The first-order valence-corrected chi connectivity index (χ1v) is 11.6. The number of hydrogen-bond acceptors (Lipinski definition) is 5. The van der Waals surface area contributed by atoms with Gasteiger partial charge in [0.25, 0.3) is 0 Å². The third-order valence-electron chi connectivity index (χ3n) is 5.50.